The molecule has 0 aliphatic rings. The van der Waals surface area contributed by atoms with Crippen LogP contribution in [0.5, 0.6) is 0 Å². The summed E-state index contributed by atoms with van der Waals surface area (Å²) in [5.41, 5.74) is 3.39. The molecule has 2 nitrogen and oxygen atoms in total. The van der Waals surface area contributed by atoms with Crippen molar-refractivity contribution >= 4 is 11.6 Å². The Bertz CT molecular complexity index is 358. The van der Waals surface area contributed by atoms with Gasteiger partial charge in [0.2, 0.25) is 0 Å². The molecule has 0 saturated heterocycles. The lowest BCUT2D eigenvalue weighted by Gasteiger charge is -2.16. The van der Waals surface area contributed by atoms with Crippen molar-refractivity contribution in [3.05, 3.63) is 34.6 Å². The van der Waals surface area contributed by atoms with Crippen LogP contribution in [0.15, 0.2) is 18.2 Å². The second-order valence-electron chi connectivity index (χ2n) is 4.65. The average Bonchev–Trinajstić information content (AvgIpc) is 2.37. The zero-order valence-corrected chi connectivity index (χ0v) is 11.6. The fourth-order valence-electron chi connectivity index (χ4n) is 2.03. The van der Waals surface area contributed by atoms with Gasteiger partial charge in [-0.05, 0) is 36.6 Å². The van der Waals surface area contributed by atoms with Gasteiger partial charge in [-0.2, -0.15) is 0 Å². The summed E-state index contributed by atoms with van der Waals surface area (Å²) in [4.78, 5) is 0. The Hall–Kier alpha value is -0.640. The highest BCUT2D eigenvalue weighted by Crippen LogP contribution is 2.18. The molecular formula is C14H22ClFN2. The minimum atomic E-state index is -0.215. The molecule has 0 amide bonds. The largest absolute Gasteiger partial charge is 0.271 e. The van der Waals surface area contributed by atoms with E-state index >= 15 is 0 Å². The van der Waals surface area contributed by atoms with Gasteiger partial charge in [0, 0.05) is 11.1 Å². The SMILES string of the molecule is CCCCCCC(Cc1cc(Cl)ccc1F)NN. The lowest BCUT2D eigenvalue weighted by atomic mass is 10.0. The minimum absolute atomic E-state index is 0.106. The molecule has 0 aliphatic heterocycles. The van der Waals surface area contributed by atoms with Gasteiger partial charge < -0.3 is 0 Å². The van der Waals surface area contributed by atoms with Crippen molar-refractivity contribution < 1.29 is 4.39 Å². The van der Waals surface area contributed by atoms with Crippen molar-refractivity contribution in [3.63, 3.8) is 0 Å². The molecule has 1 atom stereocenters. The summed E-state index contributed by atoms with van der Waals surface area (Å²) >= 11 is 5.87. The first-order chi connectivity index (χ1) is 8.67. The van der Waals surface area contributed by atoms with Crippen LogP contribution in [0.1, 0.15) is 44.6 Å². The number of unbranched alkanes of at least 4 members (excludes halogenated alkanes) is 3. The van der Waals surface area contributed by atoms with Gasteiger partial charge in [0.1, 0.15) is 5.82 Å². The van der Waals surface area contributed by atoms with E-state index in [0.29, 0.717) is 17.0 Å². The standard InChI is InChI=1S/C14H22ClFN2/c1-2-3-4-5-6-13(18-17)10-11-9-12(15)7-8-14(11)16/h7-9,13,18H,2-6,10,17H2,1H3. The van der Waals surface area contributed by atoms with Gasteiger partial charge in [0.25, 0.3) is 0 Å². The molecule has 0 bridgehead atoms. The van der Waals surface area contributed by atoms with Crippen molar-refractivity contribution in [1.29, 1.82) is 0 Å². The predicted octanol–water partition coefficient (Wildman–Crippen LogP) is 3.82. The molecule has 3 N–H and O–H groups in total. The maximum atomic E-state index is 13.6. The molecule has 0 radical (unpaired) electrons. The molecule has 1 unspecified atom stereocenters. The molecule has 0 saturated carbocycles. The molecule has 0 heterocycles. The molecule has 0 fully saturated rings. The van der Waals surface area contributed by atoms with E-state index in [2.05, 4.69) is 12.3 Å². The van der Waals surface area contributed by atoms with Gasteiger partial charge in [0.05, 0.1) is 0 Å². The number of hydrazine groups is 1. The summed E-state index contributed by atoms with van der Waals surface area (Å²) in [5.74, 6) is 5.30. The third-order valence-electron chi connectivity index (χ3n) is 3.12. The molecule has 18 heavy (non-hydrogen) atoms. The fraction of sp³-hybridized carbons (Fsp3) is 0.571. The normalized spacial score (nSPS) is 12.7. The van der Waals surface area contributed by atoms with Gasteiger partial charge in [-0.1, -0.05) is 44.2 Å². The smallest absolute Gasteiger partial charge is 0.126 e. The zero-order valence-electron chi connectivity index (χ0n) is 10.9. The van der Waals surface area contributed by atoms with Crippen LogP contribution in [0, 0.1) is 5.82 Å². The van der Waals surface area contributed by atoms with E-state index in [4.69, 9.17) is 17.4 Å². The lowest BCUT2D eigenvalue weighted by molar-refractivity contribution is 0.455. The summed E-state index contributed by atoms with van der Waals surface area (Å²) in [7, 11) is 0. The first-order valence-corrected chi connectivity index (χ1v) is 6.95. The van der Waals surface area contributed by atoms with E-state index in [0.717, 1.165) is 12.8 Å². The molecule has 1 aromatic rings. The monoisotopic (exact) mass is 272 g/mol. The molecule has 0 aliphatic carbocycles. The Kier molecular flexibility index (Phi) is 7.25. The number of hydrogen-bond donors (Lipinski definition) is 2. The summed E-state index contributed by atoms with van der Waals surface area (Å²) in [6.07, 6.45) is 6.31. The third kappa shape index (κ3) is 5.34. The van der Waals surface area contributed by atoms with Crippen LogP contribution in [-0.2, 0) is 6.42 Å². The number of rotatable bonds is 8. The fourth-order valence-corrected chi connectivity index (χ4v) is 2.22. The quantitative estimate of drug-likeness (QED) is 0.429. The Morgan fingerprint density at radius 1 is 1.33 bits per heavy atom. The van der Waals surface area contributed by atoms with Crippen LogP contribution in [0.3, 0.4) is 0 Å². The van der Waals surface area contributed by atoms with Crippen LogP contribution >= 0.6 is 11.6 Å². The van der Waals surface area contributed by atoms with Crippen LogP contribution in [0.4, 0.5) is 4.39 Å². The summed E-state index contributed by atoms with van der Waals surface area (Å²) in [6, 6.07) is 4.75. The lowest BCUT2D eigenvalue weighted by Crippen LogP contribution is -2.36. The van der Waals surface area contributed by atoms with E-state index in [-0.39, 0.29) is 11.9 Å². The van der Waals surface area contributed by atoms with Crippen molar-refractivity contribution in [2.24, 2.45) is 5.84 Å². The van der Waals surface area contributed by atoms with Gasteiger partial charge in [-0.15, -0.1) is 0 Å². The minimum Gasteiger partial charge on any atom is -0.271 e. The maximum Gasteiger partial charge on any atom is 0.126 e. The van der Waals surface area contributed by atoms with Crippen molar-refractivity contribution in [2.75, 3.05) is 0 Å². The highest BCUT2D eigenvalue weighted by atomic mass is 35.5. The van der Waals surface area contributed by atoms with Gasteiger partial charge >= 0.3 is 0 Å². The van der Waals surface area contributed by atoms with E-state index in [1.165, 1.54) is 25.3 Å². The summed E-state index contributed by atoms with van der Waals surface area (Å²) < 4.78 is 13.6. The molecule has 1 aromatic carbocycles. The van der Waals surface area contributed by atoms with E-state index in [1.54, 1.807) is 12.1 Å². The second kappa shape index (κ2) is 8.46. The van der Waals surface area contributed by atoms with Gasteiger partial charge in [-0.3, -0.25) is 11.3 Å². The molecular weight excluding hydrogens is 251 g/mol. The zero-order chi connectivity index (χ0) is 13.4. The maximum absolute atomic E-state index is 13.6. The number of halogens is 2. The molecule has 0 aromatic heterocycles. The van der Waals surface area contributed by atoms with Crippen molar-refractivity contribution in [2.45, 2.75) is 51.5 Å². The van der Waals surface area contributed by atoms with Gasteiger partial charge in [0.15, 0.2) is 0 Å². The second-order valence-corrected chi connectivity index (χ2v) is 5.09. The van der Waals surface area contributed by atoms with Crippen LogP contribution in [0.2, 0.25) is 5.02 Å². The third-order valence-corrected chi connectivity index (χ3v) is 3.35. The highest BCUT2D eigenvalue weighted by molar-refractivity contribution is 6.30. The number of hydrogen-bond acceptors (Lipinski definition) is 2. The first kappa shape index (κ1) is 15.4. The van der Waals surface area contributed by atoms with Crippen molar-refractivity contribution in [1.82, 2.24) is 5.43 Å². The first-order valence-electron chi connectivity index (χ1n) is 6.57. The molecule has 102 valence electrons. The Morgan fingerprint density at radius 3 is 2.78 bits per heavy atom. The van der Waals surface area contributed by atoms with Crippen LogP contribution in [0.25, 0.3) is 0 Å². The number of nitrogens with two attached hydrogens (primary N) is 1. The number of benzene rings is 1. The Balaban J connectivity index is 2.48. The summed E-state index contributed by atoms with van der Waals surface area (Å²) in [6.45, 7) is 2.18. The van der Waals surface area contributed by atoms with Crippen LogP contribution in [-0.4, -0.2) is 6.04 Å². The molecule has 1 rings (SSSR count). The topological polar surface area (TPSA) is 38.0 Å². The summed E-state index contributed by atoms with van der Waals surface area (Å²) in [5, 5.41) is 0.563. The molecule has 0 spiro atoms. The average molecular weight is 273 g/mol. The van der Waals surface area contributed by atoms with Crippen LogP contribution < -0.4 is 11.3 Å². The number of nitrogens with one attached hydrogen (secondary N) is 1. The van der Waals surface area contributed by atoms with Crippen molar-refractivity contribution in [3.8, 4) is 0 Å². The highest BCUT2D eigenvalue weighted by Gasteiger charge is 2.11. The van der Waals surface area contributed by atoms with Gasteiger partial charge in [-0.25, -0.2) is 4.39 Å². The molecule has 4 heteroatoms. The predicted molar refractivity (Wildman–Crippen MR) is 75.0 cm³/mol. The van der Waals surface area contributed by atoms with E-state index in [1.807, 2.05) is 0 Å². The van der Waals surface area contributed by atoms with E-state index in [9.17, 15) is 4.39 Å². The van der Waals surface area contributed by atoms with E-state index < -0.39 is 0 Å². The Labute approximate surface area is 114 Å². The Morgan fingerprint density at radius 2 is 2.11 bits per heavy atom.